The summed E-state index contributed by atoms with van der Waals surface area (Å²) in [5.41, 5.74) is -2.91. The largest absolute Gasteiger partial charge is 0.455 e. The standard InChI is InChI=1S/C40H48N2O9S/c1-37(51-36(43)27-13-9-10-14-29(27)41-52(46,47)26-17-15-25(16-18-26)24-11-7-6-8-12-24)20-19-34(49-4)39-31(37)22-33(42(39)2)38(44)23-30(48-3)28-21-32(39)40(38,45)35(28)50-5/h6-18,28,30-35,41,44-45H,19-23H2,1-5H3/t28-,30+,31?,32?,33?,34+,35+,37+,38+,39?,40+/m1/s1. The summed E-state index contributed by atoms with van der Waals surface area (Å²) in [4.78, 5) is 16.6. The zero-order valence-electron chi connectivity index (χ0n) is 30.2. The maximum atomic E-state index is 14.3. The van der Waals surface area contributed by atoms with Gasteiger partial charge in [0.2, 0.25) is 0 Å². The molecule has 2 aliphatic heterocycles. The number of hydrogen-bond donors (Lipinski definition) is 3. The minimum atomic E-state index is -4.06. The normalized spacial score (nSPS) is 39.2. The molecule has 5 fully saturated rings. The summed E-state index contributed by atoms with van der Waals surface area (Å²) >= 11 is 0. The monoisotopic (exact) mass is 732 g/mol. The van der Waals surface area contributed by atoms with Crippen molar-refractivity contribution in [2.75, 3.05) is 33.1 Å². The van der Waals surface area contributed by atoms with Crippen LogP contribution in [-0.4, -0.2) is 105 Å². The topological polar surface area (TPSA) is 144 Å². The van der Waals surface area contributed by atoms with E-state index in [0.717, 1.165) is 11.1 Å². The van der Waals surface area contributed by atoms with Gasteiger partial charge >= 0.3 is 5.97 Å². The molecule has 11 nitrogen and oxygen atoms in total. The Kier molecular flexibility index (Phi) is 8.46. The SMILES string of the molecule is CO[C@H]1C[C@]2(O)C3CC4C(C5C[C@H]1[C@H](OC)[C@@]52O)([C@@H](OC)CC[C@]4(C)OC(=O)c1ccccc1NS(=O)(=O)c1ccc(-c2ccccc2)cc1)N3C. The number of nitrogens with zero attached hydrogens (tertiary/aromatic N) is 1. The molecule has 3 aromatic carbocycles. The molecule has 0 radical (unpaired) electrons. The number of aliphatic hydroxyl groups is 2. The maximum absolute atomic E-state index is 14.3. The van der Waals surface area contributed by atoms with Crippen LogP contribution in [0.5, 0.6) is 0 Å². The van der Waals surface area contributed by atoms with Crippen LogP contribution in [-0.2, 0) is 29.0 Å². The molecule has 2 heterocycles. The lowest BCUT2D eigenvalue weighted by Gasteiger charge is -2.66. The van der Waals surface area contributed by atoms with Crippen LogP contribution in [0.25, 0.3) is 11.1 Å². The van der Waals surface area contributed by atoms with Crippen molar-refractivity contribution < 1.29 is 42.4 Å². The van der Waals surface area contributed by atoms with Gasteiger partial charge in [-0.1, -0.05) is 54.6 Å². The van der Waals surface area contributed by atoms with Gasteiger partial charge < -0.3 is 29.2 Å². The second-order valence-corrected chi connectivity index (χ2v) is 17.3. The number of methoxy groups -OCH3 is 3. The predicted octanol–water partition coefficient (Wildman–Crippen LogP) is 4.48. The van der Waals surface area contributed by atoms with Crippen LogP contribution < -0.4 is 4.72 Å². The van der Waals surface area contributed by atoms with E-state index in [0.29, 0.717) is 25.7 Å². The highest BCUT2D eigenvalue weighted by Crippen LogP contribution is 2.72. The third-order valence-corrected chi connectivity index (χ3v) is 15.1. The quantitative estimate of drug-likeness (QED) is 0.270. The van der Waals surface area contributed by atoms with Crippen molar-refractivity contribution in [1.82, 2.24) is 4.90 Å². The van der Waals surface area contributed by atoms with Crippen molar-refractivity contribution in [2.24, 2.45) is 17.8 Å². The molecule has 0 amide bonds. The van der Waals surface area contributed by atoms with Crippen molar-refractivity contribution in [1.29, 1.82) is 0 Å². The Bertz CT molecular complexity index is 1960. The van der Waals surface area contributed by atoms with Crippen molar-refractivity contribution in [3.05, 3.63) is 84.4 Å². The fourth-order valence-corrected chi connectivity index (χ4v) is 12.7. The highest BCUT2D eigenvalue weighted by Gasteiger charge is 2.86. The highest BCUT2D eigenvalue weighted by molar-refractivity contribution is 7.92. The summed E-state index contributed by atoms with van der Waals surface area (Å²) in [7, 11) is 2.84. The molecule has 5 aliphatic rings. The summed E-state index contributed by atoms with van der Waals surface area (Å²) in [6, 6.07) is 22.2. The Morgan fingerprint density at radius 2 is 1.54 bits per heavy atom. The highest BCUT2D eigenvalue weighted by atomic mass is 32.2. The van der Waals surface area contributed by atoms with Crippen LogP contribution in [0.3, 0.4) is 0 Å². The summed E-state index contributed by atoms with van der Waals surface area (Å²) in [5, 5.41) is 25.5. The molecule has 1 spiro atoms. The van der Waals surface area contributed by atoms with E-state index in [1.165, 1.54) is 0 Å². The molecule has 12 heteroatoms. The number of likely N-dealkylation sites (N-methyl/N-ethyl adjacent to an activating group) is 1. The lowest BCUT2D eigenvalue weighted by atomic mass is 9.53. The molecule has 4 unspecified atom stereocenters. The van der Waals surface area contributed by atoms with Gasteiger partial charge in [-0.05, 0) is 75.0 Å². The van der Waals surface area contributed by atoms with Gasteiger partial charge in [0, 0.05) is 51.5 Å². The van der Waals surface area contributed by atoms with E-state index in [1.807, 2.05) is 44.3 Å². The first-order valence-electron chi connectivity index (χ1n) is 18.1. The van der Waals surface area contributed by atoms with Gasteiger partial charge in [-0.2, -0.15) is 0 Å². The number of sulfonamides is 1. The number of rotatable bonds is 9. The van der Waals surface area contributed by atoms with E-state index < -0.39 is 56.4 Å². The number of fused-ring (bicyclic) bond motifs is 3. The minimum absolute atomic E-state index is 0.0600. The van der Waals surface area contributed by atoms with Crippen LogP contribution in [0.1, 0.15) is 49.4 Å². The van der Waals surface area contributed by atoms with Gasteiger partial charge in [0.1, 0.15) is 16.8 Å². The van der Waals surface area contributed by atoms with E-state index in [1.54, 1.807) is 69.9 Å². The average molecular weight is 733 g/mol. The molecule has 8 rings (SSSR count). The summed E-state index contributed by atoms with van der Waals surface area (Å²) in [5.74, 6) is -1.60. The first-order chi connectivity index (χ1) is 24.8. The van der Waals surface area contributed by atoms with Crippen LogP contribution in [0, 0.1) is 17.8 Å². The molecule has 3 N–H and O–H groups in total. The zero-order chi connectivity index (χ0) is 36.8. The number of benzene rings is 3. The van der Waals surface area contributed by atoms with Gasteiger partial charge in [0.15, 0.2) is 0 Å². The van der Waals surface area contributed by atoms with E-state index in [9.17, 15) is 23.4 Å². The van der Waals surface area contributed by atoms with E-state index in [2.05, 4.69) is 9.62 Å². The fraction of sp³-hybridized carbons (Fsp3) is 0.525. The third-order valence-electron chi connectivity index (χ3n) is 13.7. The summed E-state index contributed by atoms with van der Waals surface area (Å²) < 4.78 is 54.7. The Balaban J connectivity index is 1.11. The fourth-order valence-electron chi connectivity index (χ4n) is 11.6. The van der Waals surface area contributed by atoms with Crippen molar-refractivity contribution >= 4 is 21.7 Å². The summed E-state index contributed by atoms with van der Waals surface area (Å²) in [6.07, 6.45) is 1.02. The predicted molar refractivity (Wildman–Crippen MR) is 193 cm³/mol. The van der Waals surface area contributed by atoms with Gasteiger partial charge in [0.25, 0.3) is 10.0 Å². The Hall–Kier alpha value is -3.36. The third kappa shape index (κ3) is 4.71. The second-order valence-electron chi connectivity index (χ2n) is 15.6. The number of carbonyl (C=O) groups is 1. The first kappa shape index (κ1) is 35.7. The van der Waals surface area contributed by atoms with Gasteiger partial charge in [-0.15, -0.1) is 0 Å². The molecule has 3 aromatic rings. The van der Waals surface area contributed by atoms with Crippen molar-refractivity contribution in [3.8, 4) is 11.1 Å². The average Bonchev–Trinajstić information content (AvgIpc) is 3.59. The molecule has 52 heavy (non-hydrogen) atoms. The van der Waals surface area contributed by atoms with Crippen LogP contribution in [0.4, 0.5) is 5.69 Å². The van der Waals surface area contributed by atoms with Gasteiger partial charge in [-0.3, -0.25) is 9.62 Å². The second kappa shape index (κ2) is 12.3. The number of carbonyl (C=O) groups excluding carboxylic acids is 1. The minimum Gasteiger partial charge on any atom is -0.455 e. The van der Waals surface area contributed by atoms with E-state index in [4.69, 9.17) is 18.9 Å². The molecule has 2 saturated heterocycles. The number of esters is 1. The molecule has 4 bridgehead atoms. The Morgan fingerprint density at radius 1 is 0.865 bits per heavy atom. The molecular formula is C40H48N2O9S. The van der Waals surface area contributed by atoms with Gasteiger partial charge in [0.05, 0.1) is 40.0 Å². The zero-order valence-corrected chi connectivity index (χ0v) is 31.0. The number of anilines is 1. The van der Waals surface area contributed by atoms with Gasteiger partial charge in [-0.25, -0.2) is 13.2 Å². The number of para-hydroxylation sites is 1. The van der Waals surface area contributed by atoms with Crippen LogP contribution in [0.2, 0.25) is 0 Å². The number of piperidine rings is 1. The maximum Gasteiger partial charge on any atom is 0.340 e. The summed E-state index contributed by atoms with van der Waals surface area (Å²) in [6.45, 7) is 1.93. The van der Waals surface area contributed by atoms with Crippen molar-refractivity contribution in [3.63, 3.8) is 0 Å². The smallest absolute Gasteiger partial charge is 0.340 e. The molecule has 0 aromatic heterocycles. The molecule has 278 valence electrons. The first-order valence-corrected chi connectivity index (χ1v) is 19.5. The van der Waals surface area contributed by atoms with Crippen LogP contribution in [0.15, 0.2) is 83.8 Å². The molecular weight excluding hydrogens is 685 g/mol. The Morgan fingerprint density at radius 3 is 2.21 bits per heavy atom. The molecule has 11 atom stereocenters. The number of nitrogens with one attached hydrogen (secondary N) is 1. The molecule has 3 saturated carbocycles. The number of hydrogen-bond acceptors (Lipinski definition) is 10. The van der Waals surface area contributed by atoms with Crippen LogP contribution >= 0.6 is 0 Å². The van der Waals surface area contributed by atoms with E-state index >= 15 is 0 Å². The number of ether oxygens (including phenoxy) is 4. The Labute approximate surface area is 305 Å². The van der Waals surface area contributed by atoms with Crippen molar-refractivity contribution in [2.45, 2.75) is 90.6 Å². The lowest BCUT2D eigenvalue weighted by molar-refractivity contribution is -0.318. The lowest BCUT2D eigenvalue weighted by Crippen LogP contribution is -2.83. The molecule has 3 aliphatic carbocycles. The van der Waals surface area contributed by atoms with E-state index in [-0.39, 0.29) is 46.6 Å².